The van der Waals surface area contributed by atoms with Crippen LogP contribution < -0.4 is 5.32 Å². The summed E-state index contributed by atoms with van der Waals surface area (Å²) in [5.74, 6) is 0. The highest BCUT2D eigenvalue weighted by molar-refractivity contribution is 6.42. The van der Waals surface area contributed by atoms with Crippen molar-refractivity contribution in [2.75, 3.05) is 7.05 Å². The number of rotatable bonds is 2. The Bertz CT molecular complexity index is 405. The summed E-state index contributed by atoms with van der Waals surface area (Å²) >= 11 is 11.6. The molecule has 0 atom stereocenters. The lowest BCUT2D eigenvalue weighted by molar-refractivity contribution is 1.13. The Morgan fingerprint density at radius 2 is 2.14 bits per heavy atom. The zero-order chi connectivity index (χ0) is 10.6. The lowest BCUT2D eigenvalue weighted by atomic mass is 10.1. The van der Waals surface area contributed by atoms with Crippen molar-refractivity contribution in [2.24, 2.45) is 0 Å². The number of hydrogen-bond donors (Lipinski definition) is 1. The van der Waals surface area contributed by atoms with Crippen LogP contribution in [0.5, 0.6) is 0 Å². The van der Waals surface area contributed by atoms with Crippen molar-refractivity contribution >= 4 is 28.9 Å². The maximum Gasteiger partial charge on any atom is 0.0933 e. The first-order valence-corrected chi connectivity index (χ1v) is 4.67. The van der Waals surface area contributed by atoms with Crippen LogP contribution in [0.25, 0.3) is 5.70 Å². The van der Waals surface area contributed by atoms with Crippen molar-refractivity contribution in [3.05, 3.63) is 39.9 Å². The third-order valence-electron chi connectivity index (χ3n) is 1.71. The van der Waals surface area contributed by atoms with Crippen molar-refractivity contribution in [2.45, 2.75) is 0 Å². The fourth-order valence-electron chi connectivity index (χ4n) is 1.03. The minimum atomic E-state index is 0.475. The van der Waals surface area contributed by atoms with Gasteiger partial charge in [-0.15, -0.1) is 0 Å². The molecule has 0 aliphatic carbocycles. The molecule has 0 aromatic heterocycles. The molecule has 1 N–H and O–H groups in total. The Hall–Kier alpha value is -1.17. The fourth-order valence-corrected chi connectivity index (χ4v) is 1.33. The van der Waals surface area contributed by atoms with E-state index in [0.29, 0.717) is 15.7 Å². The molecule has 72 valence electrons. The Balaban J connectivity index is 3.14. The minimum Gasteiger partial charge on any atom is -0.387 e. The maximum absolute atomic E-state index is 8.53. The third kappa shape index (κ3) is 2.41. The Kier molecular flexibility index (Phi) is 3.82. The van der Waals surface area contributed by atoms with E-state index in [1.54, 1.807) is 25.2 Å². The number of nitriles is 1. The third-order valence-corrected chi connectivity index (χ3v) is 2.45. The lowest BCUT2D eigenvalue weighted by Gasteiger charge is -2.06. The number of nitrogens with one attached hydrogen (secondary N) is 1. The second-order valence-corrected chi connectivity index (χ2v) is 3.38. The number of nitrogens with zero attached hydrogens (tertiary/aromatic N) is 1. The predicted molar refractivity (Wildman–Crippen MR) is 59.1 cm³/mol. The van der Waals surface area contributed by atoms with E-state index >= 15 is 0 Å². The minimum absolute atomic E-state index is 0.475. The van der Waals surface area contributed by atoms with Crippen LogP contribution in [-0.4, -0.2) is 7.05 Å². The molecule has 0 aliphatic heterocycles. The second kappa shape index (κ2) is 4.90. The van der Waals surface area contributed by atoms with Gasteiger partial charge in [0.15, 0.2) is 0 Å². The van der Waals surface area contributed by atoms with Crippen LogP contribution in [0.2, 0.25) is 10.0 Å². The van der Waals surface area contributed by atoms with E-state index in [1.165, 1.54) is 6.08 Å². The van der Waals surface area contributed by atoms with Gasteiger partial charge in [0.05, 0.1) is 21.8 Å². The van der Waals surface area contributed by atoms with Crippen LogP contribution in [0, 0.1) is 11.3 Å². The van der Waals surface area contributed by atoms with Crippen LogP contribution in [0.3, 0.4) is 0 Å². The van der Waals surface area contributed by atoms with Crippen LogP contribution in [0.15, 0.2) is 24.3 Å². The van der Waals surface area contributed by atoms with Gasteiger partial charge in [-0.3, -0.25) is 0 Å². The van der Waals surface area contributed by atoms with E-state index in [4.69, 9.17) is 28.5 Å². The quantitative estimate of drug-likeness (QED) is 0.788. The van der Waals surface area contributed by atoms with Gasteiger partial charge in [-0.2, -0.15) is 5.26 Å². The van der Waals surface area contributed by atoms with Gasteiger partial charge in [0.1, 0.15) is 0 Å². The Labute approximate surface area is 92.8 Å². The molecule has 0 aliphatic rings. The van der Waals surface area contributed by atoms with Crippen molar-refractivity contribution in [1.29, 1.82) is 5.26 Å². The molecule has 0 radical (unpaired) electrons. The molecule has 1 aromatic carbocycles. The summed E-state index contributed by atoms with van der Waals surface area (Å²) in [4.78, 5) is 0. The molecule has 1 rings (SSSR count). The molecule has 0 amide bonds. The molecule has 14 heavy (non-hydrogen) atoms. The molecule has 0 saturated carbocycles. The second-order valence-electron chi connectivity index (χ2n) is 2.57. The average molecular weight is 227 g/mol. The standard InChI is InChI=1S/C10H8Cl2N2/c1-14-10(4-5-13)7-2-3-8(11)9(12)6-7/h2-4,6,14H,1H3/b10-4-. The van der Waals surface area contributed by atoms with Crippen molar-refractivity contribution in [3.63, 3.8) is 0 Å². The molecule has 0 saturated heterocycles. The summed E-state index contributed by atoms with van der Waals surface area (Å²) in [6.07, 6.45) is 1.42. The Morgan fingerprint density at radius 3 is 2.64 bits per heavy atom. The summed E-state index contributed by atoms with van der Waals surface area (Å²) in [5.41, 5.74) is 1.55. The lowest BCUT2D eigenvalue weighted by Crippen LogP contribution is -2.04. The molecule has 4 heteroatoms. The largest absolute Gasteiger partial charge is 0.387 e. The summed E-state index contributed by atoms with van der Waals surface area (Å²) in [6.45, 7) is 0. The van der Waals surface area contributed by atoms with Gasteiger partial charge in [0, 0.05) is 13.1 Å². The molecule has 0 unspecified atom stereocenters. The Morgan fingerprint density at radius 1 is 1.43 bits per heavy atom. The number of hydrogen-bond acceptors (Lipinski definition) is 2. The monoisotopic (exact) mass is 226 g/mol. The number of halogens is 2. The average Bonchev–Trinajstić information content (AvgIpc) is 2.19. The summed E-state index contributed by atoms with van der Waals surface area (Å²) < 4.78 is 0. The van der Waals surface area contributed by atoms with E-state index in [-0.39, 0.29) is 0 Å². The van der Waals surface area contributed by atoms with E-state index in [2.05, 4.69) is 5.32 Å². The molecule has 1 aromatic rings. The van der Waals surface area contributed by atoms with Crippen LogP contribution in [-0.2, 0) is 0 Å². The molecular formula is C10H8Cl2N2. The highest BCUT2D eigenvalue weighted by Crippen LogP contribution is 2.24. The zero-order valence-electron chi connectivity index (χ0n) is 7.51. The van der Waals surface area contributed by atoms with Crippen molar-refractivity contribution in [1.82, 2.24) is 5.32 Å². The summed E-state index contributed by atoms with van der Waals surface area (Å²) in [6, 6.07) is 7.16. The van der Waals surface area contributed by atoms with Gasteiger partial charge in [-0.25, -0.2) is 0 Å². The van der Waals surface area contributed by atoms with Gasteiger partial charge in [-0.05, 0) is 17.7 Å². The molecule has 0 fully saturated rings. The highest BCUT2D eigenvalue weighted by atomic mass is 35.5. The first-order valence-electron chi connectivity index (χ1n) is 3.92. The molecule has 2 nitrogen and oxygen atoms in total. The van der Waals surface area contributed by atoms with Crippen molar-refractivity contribution in [3.8, 4) is 6.07 Å². The predicted octanol–water partition coefficient (Wildman–Crippen LogP) is 3.08. The van der Waals surface area contributed by atoms with Gasteiger partial charge in [0.25, 0.3) is 0 Å². The van der Waals surface area contributed by atoms with E-state index in [9.17, 15) is 0 Å². The molecule has 0 bridgehead atoms. The SMILES string of the molecule is CN/C(=C\C#N)c1ccc(Cl)c(Cl)c1. The van der Waals surface area contributed by atoms with Gasteiger partial charge in [0.2, 0.25) is 0 Å². The van der Waals surface area contributed by atoms with Gasteiger partial charge in [-0.1, -0.05) is 29.3 Å². The van der Waals surface area contributed by atoms with E-state index < -0.39 is 0 Å². The highest BCUT2D eigenvalue weighted by Gasteiger charge is 2.02. The molecule has 0 spiro atoms. The fraction of sp³-hybridized carbons (Fsp3) is 0.100. The van der Waals surface area contributed by atoms with Crippen LogP contribution >= 0.6 is 23.2 Å². The number of benzene rings is 1. The first kappa shape index (κ1) is 10.9. The van der Waals surface area contributed by atoms with Crippen molar-refractivity contribution < 1.29 is 0 Å². The van der Waals surface area contributed by atoms with Gasteiger partial charge >= 0.3 is 0 Å². The van der Waals surface area contributed by atoms with Crippen LogP contribution in [0.1, 0.15) is 5.56 Å². The molecular weight excluding hydrogens is 219 g/mol. The maximum atomic E-state index is 8.53. The zero-order valence-corrected chi connectivity index (χ0v) is 9.02. The smallest absolute Gasteiger partial charge is 0.0933 e. The van der Waals surface area contributed by atoms with Crippen LogP contribution in [0.4, 0.5) is 0 Å². The van der Waals surface area contributed by atoms with Gasteiger partial charge < -0.3 is 5.32 Å². The molecule has 0 heterocycles. The topological polar surface area (TPSA) is 35.8 Å². The van der Waals surface area contributed by atoms with E-state index in [0.717, 1.165) is 5.56 Å². The summed E-state index contributed by atoms with van der Waals surface area (Å²) in [5, 5.41) is 12.4. The first-order chi connectivity index (χ1) is 6.69. The number of allylic oxidation sites excluding steroid dienone is 1. The summed E-state index contributed by atoms with van der Waals surface area (Å²) in [7, 11) is 1.74. The normalized spacial score (nSPS) is 10.9. The van der Waals surface area contributed by atoms with E-state index in [1.807, 2.05) is 6.07 Å².